The van der Waals surface area contributed by atoms with Crippen molar-refractivity contribution >= 4 is 43.6 Å². The quantitative estimate of drug-likeness (QED) is 0.167. The van der Waals surface area contributed by atoms with Crippen LogP contribution >= 0.6 is 0 Å². The van der Waals surface area contributed by atoms with Crippen molar-refractivity contribution in [1.82, 2.24) is 9.13 Å². The van der Waals surface area contributed by atoms with Crippen LogP contribution in [0, 0.1) is 34.3 Å². The number of nitriles is 2. The molecule has 0 saturated heterocycles. The minimum atomic E-state index is -4.80. The maximum Gasteiger partial charge on any atom is 0.416 e. The van der Waals surface area contributed by atoms with E-state index in [-0.39, 0.29) is 33.1 Å². The summed E-state index contributed by atoms with van der Waals surface area (Å²) >= 11 is 0. The van der Waals surface area contributed by atoms with Gasteiger partial charge in [0.15, 0.2) is 0 Å². The average Bonchev–Trinajstić information content (AvgIpc) is 3.70. The minimum Gasteiger partial charge on any atom is -0.309 e. The summed E-state index contributed by atoms with van der Waals surface area (Å²) < 4.78 is 119. The van der Waals surface area contributed by atoms with Gasteiger partial charge < -0.3 is 9.13 Å². The monoisotopic (exact) mass is 782 g/mol. The number of benzene rings is 7. The molecule has 58 heavy (non-hydrogen) atoms. The Labute approximate surface area is 323 Å². The van der Waals surface area contributed by atoms with E-state index in [1.54, 1.807) is 65.2 Å². The molecule has 0 radical (unpaired) electrons. The van der Waals surface area contributed by atoms with Gasteiger partial charge in [-0.2, -0.15) is 36.9 Å². The van der Waals surface area contributed by atoms with E-state index in [0.717, 1.165) is 24.3 Å². The third kappa shape index (κ3) is 5.80. The third-order valence-corrected chi connectivity index (χ3v) is 10.4. The van der Waals surface area contributed by atoms with Gasteiger partial charge in [0.1, 0.15) is 11.6 Å². The topological polar surface area (TPSA) is 57.4 Å². The SMILES string of the molecule is N#Cc1ccc(-c2c(-n3c4cc(F)ccc4c4ccc(F)cc43)ccc(-n3c4cc(C(F)(F)F)ccc4c4ccc(C(F)(F)F)cc43)c2-c2ccc(C#N)cc2)cc1. The number of fused-ring (bicyclic) bond motifs is 6. The Morgan fingerprint density at radius 1 is 0.397 bits per heavy atom. The van der Waals surface area contributed by atoms with Crippen molar-refractivity contribution in [2.75, 3.05) is 0 Å². The van der Waals surface area contributed by atoms with Crippen molar-refractivity contribution in [3.63, 3.8) is 0 Å². The second kappa shape index (κ2) is 13.1. The molecular formula is C46H22F8N4. The van der Waals surface area contributed by atoms with E-state index in [9.17, 15) is 36.9 Å². The van der Waals surface area contributed by atoms with Gasteiger partial charge in [0, 0.05) is 32.7 Å². The number of alkyl halides is 6. The molecule has 0 aliphatic rings. The molecule has 0 saturated carbocycles. The Kier molecular flexibility index (Phi) is 8.16. The zero-order chi connectivity index (χ0) is 40.7. The van der Waals surface area contributed by atoms with E-state index in [1.807, 2.05) is 0 Å². The molecule has 2 aromatic heterocycles. The van der Waals surface area contributed by atoms with Crippen molar-refractivity contribution in [2.24, 2.45) is 0 Å². The molecule has 0 aliphatic carbocycles. The second-order valence-electron chi connectivity index (χ2n) is 13.7. The van der Waals surface area contributed by atoms with E-state index in [1.165, 1.54) is 53.1 Å². The van der Waals surface area contributed by atoms with Gasteiger partial charge in [0.2, 0.25) is 0 Å². The van der Waals surface area contributed by atoms with Gasteiger partial charge in [-0.05, 0) is 108 Å². The van der Waals surface area contributed by atoms with Crippen LogP contribution in [0.3, 0.4) is 0 Å². The van der Waals surface area contributed by atoms with E-state index >= 15 is 8.78 Å². The van der Waals surface area contributed by atoms with Gasteiger partial charge >= 0.3 is 12.4 Å². The molecule has 0 amide bonds. The molecule has 0 atom stereocenters. The number of hydrogen-bond donors (Lipinski definition) is 0. The van der Waals surface area contributed by atoms with Crippen LogP contribution in [0.5, 0.6) is 0 Å². The first kappa shape index (κ1) is 36.2. The number of halogens is 8. The molecule has 0 fully saturated rings. The number of hydrogen-bond acceptors (Lipinski definition) is 2. The summed E-state index contributed by atoms with van der Waals surface area (Å²) in [6.45, 7) is 0. The smallest absolute Gasteiger partial charge is 0.309 e. The predicted molar refractivity (Wildman–Crippen MR) is 205 cm³/mol. The van der Waals surface area contributed by atoms with Crippen LogP contribution in [0.25, 0.3) is 77.2 Å². The van der Waals surface area contributed by atoms with E-state index in [2.05, 4.69) is 12.1 Å². The molecule has 282 valence electrons. The van der Waals surface area contributed by atoms with Crippen molar-refractivity contribution in [3.8, 4) is 45.8 Å². The third-order valence-electron chi connectivity index (χ3n) is 10.4. The summed E-state index contributed by atoms with van der Waals surface area (Å²) in [5.74, 6) is -1.18. The van der Waals surface area contributed by atoms with Gasteiger partial charge in [-0.25, -0.2) is 8.78 Å². The normalized spacial score (nSPS) is 12.1. The summed E-state index contributed by atoms with van der Waals surface area (Å²) in [6, 6.07) is 34.1. The van der Waals surface area contributed by atoms with E-state index in [4.69, 9.17) is 0 Å². The number of aromatic nitrogens is 2. The molecule has 0 N–H and O–H groups in total. The lowest BCUT2D eigenvalue weighted by molar-refractivity contribution is -0.138. The first-order chi connectivity index (χ1) is 27.7. The fourth-order valence-electron chi connectivity index (χ4n) is 7.82. The molecule has 0 spiro atoms. The molecule has 0 aliphatic heterocycles. The lowest BCUT2D eigenvalue weighted by Gasteiger charge is -2.23. The van der Waals surface area contributed by atoms with Gasteiger partial charge in [-0.1, -0.05) is 36.4 Å². The Hall–Kier alpha value is -7.44. The largest absolute Gasteiger partial charge is 0.416 e. The molecule has 4 nitrogen and oxygen atoms in total. The molecule has 9 rings (SSSR count). The van der Waals surface area contributed by atoms with Crippen LogP contribution in [0.4, 0.5) is 35.1 Å². The van der Waals surface area contributed by atoms with Gasteiger partial charge in [0.25, 0.3) is 0 Å². The fraction of sp³-hybridized carbons (Fsp3) is 0.0435. The lowest BCUT2D eigenvalue weighted by Crippen LogP contribution is -2.07. The summed E-state index contributed by atoms with van der Waals surface area (Å²) in [7, 11) is 0. The molecular weight excluding hydrogens is 761 g/mol. The van der Waals surface area contributed by atoms with E-state index < -0.39 is 35.1 Å². The summed E-state index contributed by atoms with van der Waals surface area (Å²) in [4.78, 5) is 0. The van der Waals surface area contributed by atoms with Crippen LogP contribution in [0.2, 0.25) is 0 Å². The average molecular weight is 783 g/mol. The van der Waals surface area contributed by atoms with Crippen LogP contribution < -0.4 is 0 Å². The first-order valence-corrected chi connectivity index (χ1v) is 17.6. The van der Waals surface area contributed by atoms with Gasteiger partial charge in [0.05, 0.1) is 67.8 Å². The molecule has 0 bridgehead atoms. The van der Waals surface area contributed by atoms with E-state index in [0.29, 0.717) is 55.3 Å². The Bertz CT molecular complexity index is 3100. The fourth-order valence-corrected chi connectivity index (χ4v) is 7.82. The second-order valence-corrected chi connectivity index (χ2v) is 13.7. The lowest BCUT2D eigenvalue weighted by atomic mass is 9.90. The maximum absolute atomic E-state index is 15.1. The van der Waals surface area contributed by atoms with Crippen LogP contribution in [0.15, 0.2) is 133 Å². The maximum atomic E-state index is 15.1. The minimum absolute atomic E-state index is 0.0430. The predicted octanol–water partition coefficient (Wildman–Crippen LogP) is 13.3. The number of rotatable bonds is 4. The van der Waals surface area contributed by atoms with Gasteiger partial charge in [-0.3, -0.25) is 0 Å². The van der Waals surface area contributed by atoms with Crippen molar-refractivity contribution in [1.29, 1.82) is 10.5 Å². The van der Waals surface area contributed by atoms with Crippen molar-refractivity contribution in [2.45, 2.75) is 12.4 Å². The molecule has 0 unspecified atom stereocenters. The Morgan fingerprint density at radius 2 is 0.724 bits per heavy atom. The van der Waals surface area contributed by atoms with Gasteiger partial charge in [-0.15, -0.1) is 0 Å². The molecule has 9 aromatic rings. The summed E-state index contributed by atoms with van der Waals surface area (Å²) in [5, 5.41) is 21.0. The zero-order valence-corrected chi connectivity index (χ0v) is 29.5. The molecule has 7 aromatic carbocycles. The van der Waals surface area contributed by atoms with Crippen molar-refractivity contribution in [3.05, 3.63) is 167 Å². The summed E-state index contributed by atoms with van der Waals surface area (Å²) in [6.07, 6.45) is -9.61. The summed E-state index contributed by atoms with van der Waals surface area (Å²) in [5.41, 5.74) is 1.12. The van der Waals surface area contributed by atoms with Crippen LogP contribution in [0.1, 0.15) is 22.3 Å². The highest BCUT2D eigenvalue weighted by molar-refractivity contribution is 6.12. The van der Waals surface area contributed by atoms with Crippen LogP contribution in [-0.4, -0.2) is 9.13 Å². The molecule has 2 heterocycles. The Balaban J connectivity index is 1.52. The first-order valence-electron chi connectivity index (χ1n) is 17.6. The van der Waals surface area contributed by atoms with Crippen molar-refractivity contribution < 1.29 is 35.1 Å². The van der Waals surface area contributed by atoms with Crippen LogP contribution in [-0.2, 0) is 12.4 Å². The zero-order valence-electron chi connectivity index (χ0n) is 29.5. The standard InChI is InChI=1S/C46H22F8N4/c47-31-11-15-35-36-16-12-32(48)22-42(36)58(41(35)21-31)38-18-17-37(43(27-5-1-25(23-55)2-6-27)44(38)28-7-3-26(24-56)4-8-28)57-39-19-29(45(49,50)51)9-13-33(39)34-14-10-30(20-40(34)57)46(52,53)54/h1-22H. The molecule has 12 heteroatoms. The number of nitrogens with zero attached hydrogens (tertiary/aromatic N) is 4. The highest BCUT2D eigenvalue weighted by Crippen LogP contribution is 2.47. The highest BCUT2D eigenvalue weighted by atomic mass is 19.4. The highest BCUT2D eigenvalue weighted by Gasteiger charge is 2.34. The Morgan fingerprint density at radius 3 is 1.05 bits per heavy atom.